The Bertz CT molecular complexity index is 636. The standard InChI is InChI=1S/C15H14N2O3/c16-14(18)13-4-2-1-3-12(13)9-10-5-7-11(8-6-10)15(19)17-20/h1-8,20H,9H2,(H2,16,18)(H,17,19). The van der Waals surface area contributed by atoms with Crippen molar-refractivity contribution in [1.29, 1.82) is 0 Å². The van der Waals surface area contributed by atoms with E-state index in [-0.39, 0.29) is 0 Å². The summed E-state index contributed by atoms with van der Waals surface area (Å²) in [6, 6.07) is 13.9. The monoisotopic (exact) mass is 270 g/mol. The van der Waals surface area contributed by atoms with Crippen LogP contribution in [0.1, 0.15) is 31.8 Å². The number of carbonyl (C=O) groups is 2. The van der Waals surface area contributed by atoms with E-state index in [1.807, 2.05) is 12.1 Å². The number of rotatable bonds is 4. The smallest absolute Gasteiger partial charge is 0.274 e. The third kappa shape index (κ3) is 3.02. The summed E-state index contributed by atoms with van der Waals surface area (Å²) in [6.45, 7) is 0. The Morgan fingerprint density at radius 2 is 1.70 bits per heavy atom. The highest BCUT2D eigenvalue weighted by molar-refractivity contribution is 5.94. The van der Waals surface area contributed by atoms with Gasteiger partial charge in [-0.25, -0.2) is 5.48 Å². The van der Waals surface area contributed by atoms with Gasteiger partial charge in [-0.15, -0.1) is 0 Å². The van der Waals surface area contributed by atoms with Crippen LogP contribution in [0.2, 0.25) is 0 Å². The zero-order valence-electron chi connectivity index (χ0n) is 10.7. The zero-order chi connectivity index (χ0) is 14.5. The molecule has 102 valence electrons. The molecule has 0 radical (unpaired) electrons. The van der Waals surface area contributed by atoms with Gasteiger partial charge in [0.25, 0.3) is 5.91 Å². The van der Waals surface area contributed by atoms with Crippen molar-refractivity contribution in [3.63, 3.8) is 0 Å². The molecule has 2 rings (SSSR count). The fourth-order valence-corrected chi connectivity index (χ4v) is 1.97. The van der Waals surface area contributed by atoms with Crippen LogP contribution in [-0.2, 0) is 6.42 Å². The van der Waals surface area contributed by atoms with Gasteiger partial charge in [0, 0.05) is 11.1 Å². The van der Waals surface area contributed by atoms with E-state index in [9.17, 15) is 9.59 Å². The molecule has 20 heavy (non-hydrogen) atoms. The van der Waals surface area contributed by atoms with Crippen molar-refractivity contribution in [2.45, 2.75) is 6.42 Å². The number of hydrogen-bond donors (Lipinski definition) is 3. The molecular formula is C15H14N2O3. The van der Waals surface area contributed by atoms with Gasteiger partial charge < -0.3 is 5.73 Å². The Hall–Kier alpha value is -2.66. The van der Waals surface area contributed by atoms with E-state index >= 15 is 0 Å². The van der Waals surface area contributed by atoms with Gasteiger partial charge in [-0.2, -0.15) is 0 Å². The van der Waals surface area contributed by atoms with E-state index in [0.29, 0.717) is 17.5 Å². The normalized spacial score (nSPS) is 10.1. The van der Waals surface area contributed by atoms with Crippen LogP contribution in [0.4, 0.5) is 0 Å². The summed E-state index contributed by atoms with van der Waals surface area (Å²) >= 11 is 0. The maximum absolute atomic E-state index is 11.3. The summed E-state index contributed by atoms with van der Waals surface area (Å²) in [5.41, 5.74) is 9.53. The molecule has 0 unspecified atom stereocenters. The van der Waals surface area contributed by atoms with E-state index < -0.39 is 11.8 Å². The van der Waals surface area contributed by atoms with Crippen molar-refractivity contribution in [2.24, 2.45) is 5.73 Å². The maximum atomic E-state index is 11.3. The lowest BCUT2D eigenvalue weighted by Crippen LogP contribution is -2.18. The van der Waals surface area contributed by atoms with Crippen LogP contribution in [-0.4, -0.2) is 17.0 Å². The molecule has 0 saturated carbocycles. The van der Waals surface area contributed by atoms with Gasteiger partial charge in [0.05, 0.1) is 0 Å². The highest BCUT2D eigenvalue weighted by atomic mass is 16.5. The van der Waals surface area contributed by atoms with Crippen LogP contribution in [0, 0.1) is 0 Å². The average molecular weight is 270 g/mol. The largest absolute Gasteiger partial charge is 0.366 e. The minimum atomic E-state index is -0.561. The number of amides is 2. The highest BCUT2D eigenvalue weighted by Gasteiger charge is 2.08. The molecule has 2 aromatic carbocycles. The molecule has 0 saturated heterocycles. The van der Waals surface area contributed by atoms with Gasteiger partial charge in [-0.1, -0.05) is 30.3 Å². The molecule has 0 spiro atoms. The second kappa shape index (κ2) is 5.99. The molecule has 0 aliphatic carbocycles. The Labute approximate surface area is 116 Å². The first-order valence-electron chi connectivity index (χ1n) is 6.03. The predicted octanol–water partition coefficient (Wildman–Crippen LogP) is 1.50. The SMILES string of the molecule is NC(=O)c1ccccc1Cc1ccc(C(=O)NO)cc1. The van der Waals surface area contributed by atoms with E-state index in [4.69, 9.17) is 10.9 Å². The van der Waals surface area contributed by atoms with Crippen molar-refractivity contribution in [3.05, 3.63) is 70.8 Å². The van der Waals surface area contributed by atoms with Crippen LogP contribution < -0.4 is 11.2 Å². The first-order valence-corrected chi connectivity index (χ1v) is 6.03. The Morgan fingerprint density at radius 3 is 2.30 bits per heavy atom. The third-order valence-corrected chi connectivity index (χ3v) is 3.00. The number of benzene rings is 2. The van der Waals surface area contributed by atoms with Crippen molar-refractivity contribution in [1.82, 2.24) is 5.48 Å². The third-order valence-electron chi connectivity index (χ3n) is 3.00. The van der Waals surface area contributed by atoms with Crippen LogP contribution in [0.15, 0.2) is 48.5 Å². The van der Waals surface area contributed by atoms with Gasteiger partial charge in [0.2, 0.25) is 5.91 Å². The minimum absolute atomic E-state index is 0.361. The average Bonchev–Trinajstić information content (AvgIpc) is 2.47. The van der Waals surface area contributed by atoms with Gasteiger partial charge in [-0.3, -0.25) is 14.8 Å². The number of hydrogen-bond acceptors (Lipinski definition) is 3. The fraction of sp³-hybridized carbons (Fsp3) is 0.0667. The molecule has 0 fully saturated rings. The van der Waals surface area contributed by atoms with Gasteiger partial charge in [0.1, 0.15) is 0 Å². The summed E-state index contributed by atoms with van der Waals surface area (Å²) in [6.07, 6.45) is 0.542. The summed E-state index contributed by atoms with van der Waals surface area (Å²) in [5, 5.41) is 8.54. The lowest BCUT2D eigenvalue weighted by Gasteiger charge is -2.07. The first kappa shape index (κ1) is 13.8. The van der Waals surface area contributed by atoms with Crippen molar-refractivity contribution < 1.29 is 14.8 Å². The molecule has 5 nitrogen and oxygen atoms in total. The lowest BCUT2D eigenvalue weighted by molar-refractivity contribution is 0.0706. The molecule has 0 bridgehead atoms. The number of hydroxylamine groups is 1. The van der Waals surface area contributed by atoms with Crippen LogP contribution in [0.5, 0.6) is 0 Å². The first-order chi connectivity index (χ1) is 9.61. The summed E-state index contributed by atoms with van der Waals surface area (Å²) in [7, 11) is 0. The second-order valence-corrected chi connectivity index (χ2v) is 4.34. The Kier molecular flexibility index (Phi) is 4.12. The molecule has 2 amide bonds. The topological polar surface area (TPSA) is 92.4 Å². The van der Waals surface area contributed by atoms with Crippen molar-refractivity contribution in [3.8, 4) is 0 Å². The van der Waals surface area contributed by atoms with E-state index in [1.165, 1.54) is 0 Å². The fourth-order valence-electron chi connectivity index (χ4n) is 1.97. The van der Waals surface area contributed by atoms with Gasteiger partial charge in [-0.05, 0) is 35.7 Å². The number of nitrogens with two attached hydrogens (primary N) is 1. The molecule has 5 heteroatoms. The molecular weight excluding hydrogens is 256 g/mol. The predicted molar refractivity (Wildman–Crippen MR) is 73.5 cm³/mol. The maximum Gasteiger partial charge on any atom is 0.274 e. The Balaban J connectivity index is 2.23. The second-order valence-electron chi connectivity index (χ2n) is 4.34. The number of carbonyl (C=O) groups excluding carboxylic acids is 2. The molecule has 4 N–H and O–H groups in total. The lowest BCUT2D eigenvalue weighted by atomic mass is 9.98. The van der Waals surface area contributed by atoms with Crippen LogP contribution in [0.25, 0.3) is 0 Å². The van der Waals surface area contributed by atoms with E-state index in [2.05, 4.69) is 0 Å². The molecule has 0 aliphatic heterocycles. The summed E-state index contributed by atoms with van der Waals surface area (Å²) < 4.78 is 0. The molecule has 0 atom stereocenters. The summed E-state index contributed by atoms with van der Waals surface area (Å²) in [4.78, 5) is 22.5. The van der Waals surface area contributed by atoms with Crippen LogP contribution >= 0.6 is 0 Å². The highest BCUT2D eigenvalue weighted by Crippen LogP contribution is 2.15. The van der Waals surface area contributed by atoms with Gasteiger partial charge >= 0.3 is 0 Å². The van der Waals surface area contributed by atoms with Crippen molar-refractivity contribution >= 4 is 11.8 Å². The molecule has 2 aromatic rings. The van der Waals surface area contributed by atoms with E-state index in [0.717, 1.165) is 11.1 Å². The van der Waals surface area contributed by atoms with E-state index in [1.54, 1.807) is 41.9 Å². The quantitative estimate of drug-likeness (QED) is 0.580. The van der Waals surface area contributed by atoms with Crippen molar-refractivity contribution in [2.75, 3.05) is 0 Å². The molecule has 0 heterocycles. The minimum Gasteiger partial charge on any atom is -0.366 e. The number of nitrogens with one attached hydrogen (secondary N) is 1. The van der Waals surface area contributed by atoms with Crippen LogP contribution in [0.3, 0.4) is 0 Å². The zero-order valence-corrected chi connectivity index (χ0v) is 10.7. The Morgan fingerprint density at radius 1 is 1.05 bits per heavy atom. The molecule has 0 aliphatic rings. The summed E-state index contributed by atoms with van der Waals surface area (Å²) in [5.74, 6) is -1.02. The molecule has 0 aromatic heterocycles. The van der Waals surface area contributed by atoms with Gasteiger partial charge in [0.15, 0.2) is 0 Å². The number of primary amides is 1.